The van der Waals surface area contributed by atoms with Crippen molar-refractivity contribution in [1.82, 2.24) is 24.1 Å². The van der Waals surface area contributed by atoms with E-state index in [-0.39, 0.29) is 29.5 Å². The lowest BCUT2D eigenvalue weighted by Crippen LogP contribution is -2.29. The number of carbonyl (C=O) groups excluding carboxylic acids is 1. The van der Waals surface area contributed by atoms with Crippen molar-refractivity contribution in [2.24, 2.45) is 5.92 Å². The summed E-state index contributed by atoms with van der Waals surface area (Å²) in [6.45, 7) is 9.28. The van der Waals surface area contributed by atoms with Gasteiger partial charge in [0, 0.05) is 18.7 Å². The molecule has 33 heavy (non-hydrogen) atoms. The van der Waals surface area contributed by atoms with Crippen LogP contribution in [-0.2, 0) is 13.1 Å². The molecule has 2 aromatic heterocycles. The highest BCUT2D eigenvalue weighted by atomic mass is 16.2. The second-order valence-corrected chi connectivity index (χ2v) is 8.85. The summed E-state index contributed by atoms with van der Waals surface area (Å²) in [5.74, 6) is 0.354. The third-order valence-corrected chi connectivity index (χ3v) is 5.61. The maximum absolute atomic E-state index is 13.4. The van der Waals surface area contributed by atoms with Gasteiger partial charge in [-0.2, -0.15) is 0 Å². The molecule has 0 spiro atoms. The average molecular weight is 448 g/mol. The van der Waals surface area contributed by atoms with Crippen LogP contribution in [0.2, 0.25) is 0 Å². The van der Waals surface area contributed by atoms with E-state index >= 15 is 0 Å². The number of carbonyl (C=O) groups is 1. The number of hydrogen-bond acceptors (Lipinski definition) is 4. The lowest BCUT2D eigenvalue weighted by atomic mass is 10.1. The van der Waals surface area contributed by atoms with Gasteiger partial charge in [-0.1, -0.05) is 50.6 Å². The summed E-state index contributed by atoms with van der Waals surface area (Å²) in [5.41, 5.74) is 2.29. The van der Waals surface area contributed by atoms with Crippen LogP contribution in [0.3, 0.4) is 0 Å². The summed E-state index contributed by atoms with van der Waals surface area (Å²) in [7, 11) is 0. The fraction of sp³-hybridized carbons (Fsp3) is 0.360. The highest BCUT2D eigenvalue weighted by Crippen LogP contribution is 2.15. The molecule has 0 radical (unpaired) electrons. The molecule has 0 bridgehead atoms. The minimum atomic E-state index is -0.347. The molecule has 0 aliphatic heterocycles. The van der Waals surface area contributed by atoms with E-state index in [0.29, 0.717) is 35.5 Å². The number of aryl methyl sites for hydroxylation is 2. The molecule has 8 heteroatoms. The predicted molar refractivity (Wildman–Crippen MR) is 129 cm³/mol. The number of amides is 1. The maximum atomic E-state index is 13.4. The molecule has 0 fully saturated rings. The van der Waals surface area contributed by atoms with E-state index in [2.05, 4.69) is 10.4 Å². The van der Waals surface area contributed by atoms with Gasteiger partial charge in [-0.05, 0) is 43.0 Å². The molecule has 1 N–H and O–H groups in total. The largest absolute Gasteiger partial charge is 0.352 e. The molecule has 1 amide bonds. The third kappa shape index (κ3) is 4.33. The topological polar surface area (TPSA) is 90.4 Å². The summed E-state index contributed by atoms with van der Waals surface area (Å²) in [5, 5.41) is 7.79. The lowest BCUT2D eigenvalue weighted by Gasteiger charge is -2.11. The van der Waals surface area contributed by atoms with Crippen LogP contribution in [0.4, 0.5) is 0 Å². The second-order valence-electron chi connectivity index (χ2n) is 8.85. The zero-order valence-electron chi connectivity index (χ0n) is 19.5. The van der Waals surface area contributed by atoms with Gasteiger partial charge in [0.2, 0.25) is 5.78 Å². The molecule has 2 heterocycles. The average Bonchev–Trinajstić information content (AvgIpc) is 3.12. The molecular formula is C25H29N5O3. The van der Waals surface area contributed by atoms with Gasteiger partial charge in [0.25, 0.3) is 11.5 Å². The monoisotopic (exact) mass is 447 g/mol. The van der Waals surface area contributed by atoms with Crippen LogP contribution in [-0.4, -0.2) is 31.2 Å². The summed E-state index contributed by atoms with van der Waals surface area (Å²) >= 11 is 0. The van der Waals surface area contributed by atoms with Crippen LogP contribution in [0, 0.1) is 12.8 Å². The fourth-order valence-electron chi connectivity index (χ4n) is 3.85. The number of rotatable bonds is 7. The van der Waals surface area contributed by atoms with Gasteiger partial charge in [-0.3, -0.25) is 14.2 Å². The molecule has 2 aromatic carbocycles. The Kier molecular flexibility index (Phi) is 6.18. The van der Waals surface area contributed by atoms with Gasteiger partial charge in [-0.25, -0.2) is 13.9 Å². The summed E-state index contributed by atoms with van der Waals surface area (Å²) in [6, 6.07) is 12.7. The summed E-state index contributed by atoms with van der Waals surface area (Å²) < 4.78 is 4.35. The molecule has 0 unspecified atom stereocenters. The van der Waals surface area contributed by atoms with E-state index in [9.17, 15) is 14.4 Å². The predicted octanol–water partition coefficient (Wildman–Crippen LogP) is 2.96. The van der Waals surface area contributed by atoms with Crippen LogP contribution < -0.4 is 16.6 Å². The second kappa shape index (κ2) is 9.05. The molecule has 0 aliphatic carbocycles. The Morgan fingerprint density at radius 3 is 2.48 bits per heavy atom. The number of nitrogens with one attached hydrogen (secondary N) is 1. The van der Waals surface area contributed by atoms with Crippen molar-refractivity contribution in [1.29, 1.82) is 0 Å². The highest BCUT2D eigenvalue weighted by molar-refractivity contribution is 5.98. The van der Waals surface area contributed by atoms with Crippen molar-refractivity contribution in [2.75, 3.05) is 6.54 Å². The van der Waals surface area contributed by atoms with Crippen molar-refractivity contribution in [3.63, 3.8) is 0 Å². The van der Waals surface area contributed by atoms with Gasteiger partial charge in [0.05, 0.1) is 17.4 Å². The molecular weight excluding hydrogens is 418 g/mol. The Bertz CT molecular complexity index is 1440. The lowest BCUT2D eigenvalue weighted by molar-refractivity contribution is 0.0949. The first-order valence-corrected chi connectivity index (χ1v) is 11.3. The van der Waals surface area contributed by atoms with E-state index in [1.165, 1.54) is 13.6 Å². The van der Waals surface area contributed by atoms with Crippen molar-refractivity contribution in [2.45, 2.75) is 47.2 Å². The molecule has 0 saturated heterocycles. The van der Waals surface area contributed by atoms with E-state index in [0.717, 1.165) is 17.5 Å². The van der Waals surface area contributed by atoms with E-state index in [1.54, 1.807) is 18.2 Å². The van der Waals surface area contributed by atoms with Crippen molar-refractivity contribution in [3.8, 4) is 0 Å². The quantitative estimate of drug-likeness (QED) is 0.472. The number of benzene rings is 2. The van der Waals surface area contributed by atoms with Crippen LogP contribution in [0.25, 0.3) is 16.7 Å². The Balaban J connectivity index is 1.91. The van der Waals surface area contributed by atoms with Gasteiger partial charge < -0.3 is 5.32 Å². The standard InChI is InChI=1S/C25H29N5O3/c1-5-12-28-23(32)20-11-10-19(22(31)26-14-16(2)3)13-21(20)30-24(28)27-29(25(30)33)15-18-8-6-17(4)7-9-18/h6-11,13,16H,5,12,14-15H2,1-4H3,(H,26,31). The van der Waals surface area contributed by atoms with Gasteiger partial charge in [-0.15, -0.1) is 5.10 Å². The smallest absolute Gasteiger partial charge is 0.352 e. The number of hydrogen-bond donors (Lipinski definition) is 1. The first-order valence-electron chi connectivity index (χ1n) is 11.3. The van der Waals surface area contributed by atoms with Gasteiger partial charge >= 0.3 is 5.69 Å². The molecule has 4 aromatic rings. The summed E-state index contributed by atoms with van der Waals surface area (Å²) in [4.78, 5) is 39.3. The van der Waals surface area contributed by atoms with Crippen molar-refractivity contribution in [3.05, 3.63) is 80.0 Å². The third-order valence-electron chi connectivity index (χ3n) is 5.61. The SMILES string of the molecule is CCCn1c(=O)c2ccc(C(=O)NCC(C)C)cc2n2c(=O)n(Cc3ccc(C)cc3)nc12. The van der Waals surface area contributed by atoms with Crippen LogP contribution in [0.1, 0.15) is 48.7 Å². The van der Waals surface area contributed by atoms with E-state index in [1.807, 2.05) is 52.0 Å². The Labute approximate surface area is 191 Å². The molecule has 0 saturated carbocycles. The van der Waals surface area contributed by atoms with Gasteiger partial charge in [0.1, 0.15) is 0 Å². The fourth-order valence-corrected chi connectivity index (χ4v) is 3.85. The summed E-state index contributed by atoms with van der Waals surface area (Å²) in [6.07, 6.45) is 0.718. The van der Waals surface area contributed by atoms with Crippen LogP contribution in [0.5, 0.6) is 0 Å². The normalized spacial score (nSPS) is 11.5. The number of fused-ring (bicyclic) bond motifs is 3. The highest BCUT2D eigenvalue weighted by Gasteiger charge is 2.19. The maximum Gasteiger partial charge on any atom is 0.352 e. The van der Waals surface area contributed by atoms with Crippen LogP contribution in [0.15, 0.2) is 52.1 Å². The zero-order valence-corrected chi connectivity index (χ0v) is 19.5. The Hall–Kier alpha value is -3.68. The first kappa shape index (κ1) is 22.5. The minimum absolute atomic E-state index is 0.221. The minimum Gasteiger partial charge on any atom is -0.352 e. The van der Waals surface area contributed by atoms with Crippen LogP contribution >= 0.6 is 0 Å². The van der Waals surface area contributed by atoms with E-state index in [4.69, 9.17) is 0 Å². The Morgan fingerprint density at radius 2 is 1.82 bits per heavy atom. The molecule has 8 nitrogen and oxygen atoms in total. The molecule has 0 atom stereocenters. The number of aromatic nitrogens is 4. The molecule has 0 aliphatic rings. The Morgan fingerprint density at radius 1 is 1.09 bits per heavy atom. The number of nitrogens with zero attached hydrogens (tertiary/aromatic N) is 4. The van der Waals surface area contributed by atoms with Gasteiger partial charge in [0.15, 0.2) is 0 Å². The van der Waals surface area contributed by atoms with E-state index < -0.39 is 0 Å². The van der Waals surface area contributed by atoms with Crippen molar-refractivity contribution < 1.29 is 4.79 Å². The van der Waals surface area contributed by atoms with Crippen molar-refractivity contribution >= 4 is 22.6 Å². The molecule has 4 rings (SSSR count). The molecule has 172 valence electrons. The first-order chi connectivity index (χ1) is 15.8. The zero-order chi connectivity index (χ0) is 23.7.